The summed E-state index contributed by atoms with van der Waals surface area (Å²) in [6, 6.07) is 0. The van der Waals surface area contributed by atoms with Crippen molar-refractivity contribution in [1.29, 1.82) is 0 Å². The van der Waals surface area contributed by atoms with Crippen LogP contribution in [0.25, 0.3) is 0 Å². The zero-order chi connectivity index (χ0) is 17.4. The molecule has 0 spiro atoms. The fraction of sp³-hybridized carbons (Fsp3) is 0.600. The highest BCUT2D eigenvalue weighted by Gasteiger charge is 2.65. The Morgan fingerprint density at radius 3 is 2.58 bits per heavy atom. The van der Waals surface area contributed by atoms with Crippen LogP contribution in [0.1, 0.15) is 13.3 Å². The first-order valence-electron chi connectivity index (χ1n) is 7.40. The minimum Gasteiger partial charge on any atom is -0.455 e. The molecule has 9 nitrogen and oxygen atoms in total. The van der Waals surface area contributed by atoms with E-state index < -0.39 is 43.3 Å². The highest BCUT2D eigenvalue weighted by molar-refractivity contribution is 5.88. The summed E-state index contributed by atoms with van der Waals surface area (Å²) in [7, 11) is 0. The van der Waals surface area contributed by atoms with Crippen LogP contribution in [-0.2, 0) is 42.9 Å². The lowest BCUT2D eigenvalue weighted by Gasteiger charge is -2.22. The fourth-order valence-electron chi connectivity index (χ4n) is 3.00. The maximum Gasteiger partial charge on any atom is 0.344 e. The summed E-state index contributed by atoms with van der Waals surface area (Å²) in [6.07, 6.45) is -1.59. The van der Waals surface area contributed by atoms with Gasteiger partial charge < -0.3 is 23.7 Å². The minimum absolute atomic E-state index is 0.142. The topological polar surface area (TPSA) is 114 Å². The molecule has 3 aliphatic heterocycles. The largest absolute Gasteiger partial charge is 0.455 e. The summed E-state index contributed by atoms with van der Waals surface area (Å²) in [5.41, 5.74) is 0.142. The van der Waals surface area contributed by atoms with Gasteiger partial charge in [-0.15, -0.1) is 0 Å². The quantitative estimate of drug-likeness (QED) is 0.351. The predicted octanol–water partition coefficient (Wildman–Crippen LogP) is -0.727. The monoisotopic (exact) mass is 340 g/mol. The van der Waals surface area contributed by atoms with Gasteiger partial charge in [0, 0.05) is 5.57 Å². The third-order valence-corrected chi connectivity index (χ3v) is 4.07. The van der Waals surface area contributed by atoms with Gasteiger partial charge in [-0.05, 0) is 13.3 Å². The van der Waals surface area contributed by atoms with Crippen LogP contribution in [0.3, 0.4) is 0 Å². The van der Waals surface area contributed by atoms with Crippen LogP contribution in [0.2, 0.25) is 0 Å². The normalized spacial score (nSPS) is 32.2. The van der Waals surface area contributed by atoms with Crippen molar-refractivity contribution in [3.8, 4) is 0 Å². The van der Waals surface area contributed by atoms with E-state index >= 15 is 0 Å². The van der Waals surface area contributed by atoms with Gasteiger partial charge in [0.15, 0.2) is 25.4 Å². The molecular formula is C15H16O9. The zero-order valence-electron chi connectivity index (χ0n) is 12.9. The van der Waals surface area contributed by atoms with Crippen molar-refractivity contribution < 1.29 is 42.9 Å². The highest BCUT2D eigenvalue weighted by Crippen LogP contribution is 2.47. The molecule has 0 radical (unpaired) electrons. The van der Waals surface area contributed by atoms with Gasteiger partial charge in [0.05, 0.1) is 12.0 Å². The molecule has 130 valence electrons. The van der Waals surface area contributed by atoms with Gasteiger partial charge in [-0.25, -0.2) is 14.4 Å². The van der Waals surface area contributed by atoms with E-state index in [1.54, 1.807) is 0 Å². The number of carbonyl (C=O) groups is 4. The highest BCUT2D eigenvalue weighted by atomic mass is 16.7. The Balaban J connectivity index is 1.41. The number of hydrogen-bond donors (Lipinski definition) is 0. The summed E-state index contributed by atoms with van der Waals surface area (Å²) < 4.78 is 25.1. The van der Waals surface area contributed by atoms with Crippen molar-refractivity contribution in [2.75, 3.05) is 13.2 Å². The van der Waals surface area contributed by atoms with Gasteiger partial charge in [0.2, 0.25) is 0 Å². The van der Waals surface area contributed by atoms with E-state index in [2.05, 4.69) is 16.1 Å². The standard InChI is InChI=1S/C15H16O9/c1-6(2)14(18)21-4-9(16)20-5-10(17)23-12-8-3-7-11(22-8)13(12)24-15(7)19/h7-8,11-13H,1,3-5H2,2H3. The molecule has 3 fully saturated rings. The summed E-state index contributed by atoms with van der Waals surface area (Å²) in [6.45, 7) is 3.53. The molecule has 0 N–H and O–H groups in total. The van der Waals surface area contributed by atoms with Crippen molar-refractivity contribution in [3.05, 3.63) is 12.2 Å². The van der Waals surface area contributed by atoms with E-state index in [1.165, 1.54) is 6.92 Å². The summed E-state index contributed by atoms with van der Waals surface area (Å²) in [4.78, 5) is 45.8. The third kappa shape index (κ3) is 2.99. The molecule has 0 saturated carbocycles. The molecule has 3 heterocycles. The maximum absolute atomic E-state index is 11.8. The molecule has 0 amide bonds. The molecule has 3 aliphatic rings. The molecule has 3 saturated heterocycles. The summed E-state index contributed by atoms with van der Waals surface area (Å²) in [5, 5.41) is 0. The predicted molar refractivity (Wildman–Crippen MR) is 73.3 cm³/mol. The maximum atomic E-state index is 11.8. The minimum atomic E-state index is -0.891. The lowest BCUT2D eigenvalue weighted by Crippen LogP contribution is -2.40. The first-order valence-corrected chi connectivity index (χ1v) is 7.40. The molecular weight excluding hydrogens is 324 g/mol. The van der Waals surface area contributed by atoms with Gasteiger partial charge >= 0.3 is 23.9 Å². The van der Waals surface area contributed by atoms with Crippen molar-refractivity contribution in [3.63, 3.8) is 0 Å². The third-order valence-electron chi connectivity index (χ3n) is 4.07. The lowest BCUT2D eigenvalue weighted by molar-refractivity contribution is -0.171. The number of esters is 4. The number of ether oxygens (including phenoxy) is 5. The Morgan fingerprint density at radius 2 is 1.88 bits per heavy atom. The number of rotatable bonds is 6. The molecule has 0 aromatic heterocycles. The summed E-state index contributed by atoms with van der Waals surface area (Å²) >= 11 is 0. The van der Waals surface area contributed by atoms with E-state index in [0.717, 1.165) is 0 Å². The molecule has 9 heteroatoms. The van der Waals surface area contributed by atoms with E-state index in [9.17, 15) is 19.2 Å². The van der Waals surface area contributed by atoms with Crippen molar-refractivity contribution in [2.24, 2.45) is 5.92 Å². The number of hydrogen-bond acceptors (Lipinski definition) is 9. The van der Waals surface area contributed by atoms with Crippen molar-refractivity contribution in [1.82, 2.24) is 0 Å². The Kier molecular flexibility index (Phi) is 4.27. The van der Waals surface area contributed by atoms with Gasteiger partial charge in [-0.2, -0.15) is 0 Å². The van der Waals surface area contributed by atoms with Gasteiger partial charge in [0.25, 0.3) is 0 Å². The van der Waals surface area contributed by atoms with Gasteiger partial charge in [-0.3, -0.25) is 4.79 Å². The van der Waals surface area contributed by atoms with Crippen LogP contribution in [0.5, 0.6) is 0 Å². The van der Waals surface area contributed by atoms with Gasteiger partial charge in [-0.1, -0.05) is 6.58 Å². The van der Waals surface area contributed by atoms with Crippen LogP contribution in [0.15, 0.2) is 12.2 Å². The second-order valence-electron chi connectivity index (χ2n) is 5.85. The molecule has 3 rings (SSSR count). The Morgan fingerprint density at radius 1 is 1.17 bits per heavy atom. The molecule has 0 aliphatic carbocycles. The Labute approximate surface area is 136 Å². The zero-order valence-corrected chi connectivity index (χ0v) is 12.9. The average Bonchev–Trinajstić information content (AvgIpc) is 3.15. The first-order chi connectivity index (χ1) is 11.4. The molecule has 2 bridgehead atoms. The molecule has 0 aromatic carbocycles. The van der Waals surface area contributed by atoms with Crippen molar-refractivity contribution in [2.45, 2.75) is 37.8 Å². The molecule has 5 atom stereocenters. The van der Waals surface area contributed by atoms with Crippen LogP contribution >= 0.6 is 0 Å². The SMILES string of the molecule is C=C(C)C(=O)OCC(=O)OCC(=O)OC1C2CC3C(=O)OC1C3O2. The first kappa shape index (κ1) is 16.4. The number of fused-ring (bicyclic) bond motifs is 1. The average molecular weight is 340 g/mol. The summed E-state index contributed by atoms with van der Waals surface area (Å²) in [5.74, 6) is -3.04. The van der Waals surface area contributed by atoms with Crippen LogP contribution < -0.4 is 0 Å². The second-order valence-corrected chi connectivity index (χ2v) is 5.85. The number of carbonyl (C=O) groups excluding carboxylic acids is 4. The molecule has 24 heavy (non-hydrogen) atoms. The van der Waals surface area contributed by atoms with Gasteiger partial charge in [0.1, 0.15) is 6.10 Å². The van der Waals surface area contributed by atoms with E-state index in [1.807, 2.05) is 0 Å². The van der Waals surface area contributed by atoms with E-state index in [4.69, 9.17) is 14.2 Å². The molecule has 0 aromatic rings. The Bertz CT molecular complexity index is 610. The second kappa shape index (κ2) is 6.23. The Hall–Kier alpha value is -2.42. The van der Waals surface area contributed by atoms with Crippen LogP contribution in [0, 0.1) is 5.92 Å². The fourth-order valence-corrected chi connectivity index (χ4v) is 3.00. The molecule has 5 unspecified atom stereocenters. The van der Waals surface area contributed by atoms with E-state index in [-0.39, 0.29) is 29.7 Å². The van der Waals surface area contributed by atoms with Crippen LogP contribution in [-0.4, -0.2) is 61.5 Å². The smallest absolute Gasteiger partial charge is 0.344 e. The van der Waals surface area contributed by atoms with E-state index in [0.29, 0.717) is 6.42 Å². The lowest BCUT2D eigenvalue weighted by atomic mass is 9.88. The van der Waals surface area contributed by atoms with Crippen molar-refractivity contribution >= 4 is 23.9 Å². The van der Waals surface area contributed by atoms with Crippen LogP contribution in [0.4, 0.5) is 0 Å².